The summed E-state index contributed by atoms with van der Waals surface area (Å²) in [5, 5.41) is 1.18. The van der Waals surface area contributed by atoms with Crippen LogP contribution < -0.4 is 0 Å². The van der Waals surface area contributed by atoms with Gasteiger partial charge in [-0.25, -0.2) is 0 Å². The molecule has 19 heavy (non-hydrogen) atoms. The van der Waals surface area contributed by atoms with E-state index < -0.39 is 0 Å². The number of thioether (sulfide) groups is 1. The second-order valence-electron chi connectivity index (χ2n) is 6.27. The molecule has 2 aliphatic carbocycles. The van der Waals surface area contributed by atoms with Crippen molar-refractivity contribution in [3.63, 3.8) is 0 Å². The van der Waals surface area contributed by atoms with Gasteiger partial charge in [0.2, 0.25) is 0 Å². The molecule has 0 amide bonds. The first kappa shape index (κ1) is 14.0. The van der Waals surface area contributed by atoms with Gasteiger partial charge in [0.25, 0.3) is 0 Å². The number of hydrogen-bond donors (Lipinski definition) is 0. The molecule has 1 fully saturated rings. The van der Waals surface area contributed by atoms with E-state index in [9.17, 15) is 0 Å². The highest BCUT2D eigenvalue weighted by atomic mass is 79.9. The standard InChI is InChI=1S/C17H23BrS/c18-12-17(9-2-1-3-10-17)13-19-16-8-7-14-5-4-6-15(14)11-16/h7-8,11H,1-6,9-10,12-13H2. The van der Waals surface area contributed by atoms with Gasteiger partial charge in [0.05, 0.1) is 0 Å². The second-order valence-corrected chi connectivity index (χ2v) is 7.88. The Bertz CT molecular complexity index is 435. The Morgan fingerprint density at radius 3 is 2.58 bits per heavy atom. The second kappa shape index (κ2) is 6.22. The van der Waals surface area contributed by atoms with Crippen LogP contribution in [0.4, 0.5) is 0 Å². The molecule has 0 unspecified atom stereocenters. The van der Waals surface area contributed by atoms with Crippen LogP contribution in [0.2, 0.25) is 0 Å². The first-order valence-corrected chi connectivity index (χ1v) is 9.73. The van der Waals surface area contributed by atoms with E-state index in [1.165, 1.54) is 67.3 Å². The number of hydrogen-bond acceptors (Lipinski definition) is 1. The van der Waals surface area contributed by atoms with Gasteiger partial charge in [-0.15, -0.1) is 11.8 Å². The minimum atomic E-state index is 0.557. The van der Waals surface area contributed by atoms with Crippen molar-refractivity contribution in [3.8, 4) is 0 Å². The maximum Gasteiger partial charge on any atom is 0.00959 e. The lowest BCUT2D eigenvalue weighted by Crippen LogP contribution is -2.28. The van der Waals surface area contributed by atoms with Crippen LogP contribution in [0.25, 0.3) is 0 Å². The normalized spacial score (nSPS) is 21.3. The first-order valence-electron chi connectivity index (χ1n) is 7.62. The van der Waals surface area contributed by atoms with Crippen LogP contribution in [0.5, 0.6) is 0 Å². The summed E-state index contributed by atoms with van der Waals surface area (Å²) in [6, 6.07) is 7.17. The van der Waals surface area contributed by atoms with E-state index in [1.54, 1.807) is 11.1 Å². The van der Waals surface area contributed by atoms with Gasteiger partial charge in [0.1, 0.15) is 0 Å². The van der Waals surface area contributed by atoms with Gasteiger partial charge >= 0.3 is 0 Å². The van der Waals surface area contributed by atoms with E-state index in [4.69, 9.17) is 0 Å². The molecule has 2 aliphatic rings. The molecule has 0 heterocycles. The van der Waals surface area contributed by atoms with Crippen molar-refractivity contribution in [1.82, 2.24) is 0 Å². The van der Waals surface area contributed by atoms with Crippen LogP contribution in [0, 0.1) is 5.41 Å². The average Bonchev–Trinajstić information content (AvgIpc) is 2.93. The van der Waals surface area contributed by atoms with Crippen LogP contribution in [-0.2, 0) is 12.8 Å². The first-order chi connectivity index (χ1) is 9.31. The minimum absolute atomic E-state index is 0.557. The Kier molecular flexibility index (Phi) is 4.58. The minimum Gasteiger partial charge on any atom is -0.126 e. The smallest absolute Gasteiger partial charge is 0.00959 e. The zero-order chi connectivity index (χ0) is 13.1. The van der Waals surface area contributed by atoms with E-state index in [1.807, 2.05) is 0 Å². The Morgan fingerprint density at radius 1 is 1.00 bits per heavy atom. The molecule has 0 spiro atoms. The molecule has 0 atom stereocenters. The van der Waals surface area contributed by atoms with Gasteiger partial charge in [-0.05, 0) is 60.8 Å². The lowest BCUT2D eigenvalue weighted by atomic mass is 9.77. The summed E-state index contributed by atoms with van der Waals surface area (Å²) in [4.78, 5) is 1.49. The molecular weight excluding hydrogens is 316 g/mol. The van der Waals surface area contributed by atoms with Gasteiger partial charge < -0.3 is 0 Å². The van der Waals surface area contributed by atoms with Crippen LogP contribution >= 0.6 is 27.7 Å². The Morgan fingerprint density at radius 2 is 1.79 bits per heavy atom. The van der Waals surface area contributed by atoms with Crippen molar-refractivity contribution in [1.29, 1.82) is 0 Å². The summed E-state index contributed by atoms with van der Waals surface area (Å²) < 4.78 is 0. The molecular formula is C17H23BrS. The third-order valence-corrected chi connectivity index (χ3v) is 7.35. The number of aryl methyl sites for hydroxylation is 2. The third kappa shape index (κ3) is 3.21. The van der Waals surface area contributed by atoms with Gasteiger partial charge in [0.15, 0.2) is 0 Å². The van der Waals surface area contributed by atoms with Gasteiger partial charge in [0, 0.05) is 16.0 Å². The number of rotatable bonds is 4. The monoisotopic (exact) mass is 338 g/mol. The summed E-state index contributed by atoms with van der Waals surface area (Å²) in [7, 11) is 0. The molecule has 3 rings (SSSR count). The van der Waals surface area contributed by atoms with Crippen molar-refractivity contribution in [2.45, 2.75) is 56.3 Å². The highest BCUT2D eigenvalue weighted by molar-refractivity contribution is 9.09. The van der Waals surface area contributed by atoms with Crippen molar-refractivity contribution < 1.29 is 0 Å². The highest BCUT2D eigenvalue weighted by Crippen LogP contribution is 2.42. The fraction of sp³-hybridized carbons (Fsp3) is 0.647. The van der Waals surface area contributed by atoms with Crippen LogP contribution in [0.15, 0.2) is 23.1 Å². The molecule has 0 saturated heterocycles. The van der Waals surface area contributed by atoms with Crippen LogP contribution in [-0.4, -0.2) is 11.1 Å². The number of halogens is 1. The molecule has 0 aromatic heterocycles. The SMILES string of the molecule is BrCC1(CSc2ccc3c(c2)CCC3)CCCCC1. The summed E-state index contributed by atoms with van der Waals surface area (Å²) in [6.45, 7) is 0. The molecule has 0 N–H and O–H groups in total. The zero-order valence-electron chi connectivity index (χ0n) is 11.6. The molecule has 2 heteroatoms. The highest BCUT2D eigenvalue weighted by Gasteiger charge is 2.30. The molecule has 0 bridgehead atoms. The fourth-order valence-corrected chi connectivity index (χ4v) is 5.77. The van der Waals surface area contributed by atoms with E-state index >= 15 is 0 Å². The van der Waals surface area contributed by atoms with Crippen molar-refractivity contribution in [3.05, 3.63) is 29.3 Å². The molecule has 0 radical (unpaired) electrons. The molecule has 0 aliphatic heterocycles. The summed E-state index contributed by atoms with van der Waals surface area (Å²) in [5.74, 6) is 1.29. The number of fused-ring (bicyclic) bond motifs is 1. The van der Waals surface area contributed by atoms with E-state index in [-0.39, 0.29) is 0 Å². The average molecular weight is 339 g/mol. The number of benzene rings is 1. The lowest BCUT2D eigenvalue weighted by molar-refractivity contribution is 0.260. The Labute approximate surface area is 129 Å². The molecule has 0 nitrogen and oxygen atoms in total. The van der Waals surface area contributed by atoms with Crippen molar-refractivity contribution >= 4 is 27.7 Å². The quantitative estimate of drug-likeness (QED) is 0.507. The largest absolute Gasteiger partial charge is 0.126 e. The molecule has 1 saturated carbocycles. The lowest BCUT2D eigenvalue weighted by Gasteiger charge is -2.35. The third-order valence-electron chi connectivity index (χ3n) is 4.81. The molecule has 1 aromatic rings. The maximum absolute atomic E-state index is 3.78. The Hall–Kier alpha value is 0.0500. The van der Waals surface area contributed by atoms with Crippen LogP contribution in [0.1, 0.15) is 49.7 Å². The van der Waals surface area contributed by atoms with E-state index in [0.29, 0.717) is 5.41 Å². The van der Waals surface area contributed by atoms with Gasteiger partial charge in [-0.3, -0.25) is 0 Å². The fourth-order valence-electron chi connectivity index (χ4n) is 3.49. The van der Waals surface area contributed by atoms with Gasteiger partial charge in [-0.2, -0.15) is 0 Å². The Balaban J connectivity index is 1.65. The van der Waals surface area contributed by atoms with Crippen LogP contribution in [0.3, 0.4) is 0 Å². The zero-order valence-corrected chi connectivity index (χ0v) is 14.0. The predicted molar refractivity (Wildman–Crippen MR) is 88.5 cm³/mol. The van der Waals surface area contributed by atoms with E-state index in [2.05, 4.69) is 45.9 Å². The van der Waals surface area contributed by atoms with Gasteiger partial charge in [-0.1, -0.05) is 41.3 Å². The summed E-state index contributed by atoms with van der Waals surface area (Å²) in [6.07, 6.45) is 11.1. The maximum atomic E-state index is 3.78. The number of alkyl halides is 1. The molecule has 1 aromatic carbocycles. The molecule has 104 valence electrons. The summed E-state index contributed by atoms with van der Waals surface area (Å²) in [5.41, 5.74) is 3.76. The van der Waals surface area contributed by atoms with Crippen molar-refractivity contribution in [2.24, 2.45) is 5.41 Å². The summed E-state index contributed by atoms with van der Waals surface area (Å²) >= 11 is 5.86. The predicted octanol–water partition coefficient (Wildman–Crippen LogP) is 5.61. The van der Waals surface area contributed by atoms with E-state index in [0.717, 1.165) is 0 Å². The van der Waals surface area contributed by atoms with Crippen molar-refractivity contribution in [2.75, 3.05) is 11.1 Å². The topological polar surface area (TPSA) is 0 Å².